The average molecular weight is 334 g/mol. The standard InChI is InChI=1S/C16H22N4O2S/c1-3-5-14-17-15(22-18-14)12(2)19-7-9-20(10-8-19)16(21)13-6-4-11-23-13/h4,6,11-12H,3,5,7-10H2,1-2H3/t12-/m1/s1. The SMILES string of the molecule is CCCc1noc([C@@H](C)N2CCN(C(=O)c3cccs3)CC2)n1. The second-order valence-corrected chi connectivity index (χ2v) is 6.73. The number of hydrogen-bond donors (Lipinski definition) is 0. The van der Waals surface area contributed by atoms with Crippen LogP contribution in [0.4, 0.5) is 0 Å². The van der Waals surface area contributed by atoms with Crippen LogP contribution in [-0.4, -0.2) is 52.0 Å². The van der Waals surface area contributed by atoms with Gasteiger partial charge in [-0.25, -0.2) is 0 Å². The van der Waals surface area contributed by atoms with E-state index < -0.39 is 0 Å². The van der Waals surface area contributed by atoms with Crippen molar-refractivity contribution < 1.29 is 9.32 Å². The predicted octanol–water partition coefficient (Wildman–Crippen LogP) is 2.60. The molecular formula is C16H22N4O2S. The molecule has 0 aromatic carbocycles. The molecule has 0 radical (unpaired) electrons. The zero-order valence-electron chi connectivity index (χ0n) is 13.6. The molecule has 0 N–H and O–H groups in total. The quantitative estimate of drug-likeness (QED) is 0.841. The number of carbonyl (C=O) groups is 1. The summed E-state index contributed by atoms with van der Waals surface area (Å²) in [4.78, 5) is 21.9. The first-order valence-electron chi connectivity index (χ1n) is 8.08. The third-order valence-corrected chi connectivity index (χ3v) is 5.05. The Morgan fingerprint density at radius 1 is 1.39 bits per heavy atom. The van der Waals surface area contributed by atoms with E-state index in [2.05, 4.69) is 28.9 Å². The first-order chi connectivity index (χ1) is 11.2. The number of rotatable bonds is 5. The third kappa shape index (κ3) is 3.61. The van der Waals surface area contributed by atoms with Crippen molar-refractivity contribution in [1.29, 1.82) is 0 Å². The minimum Gasteiger partial charge on any atom is -0.338 e. The predicted molar refractivity (Wildman–Crippen MR) is 88.5 cm³/mol. The number of amides is 1. The highest BCUT2D eigenvalue weighted by molar-refractivity contribution is 7.12. The van der Waals surface area contributed by atoms with E-state index in [0.29, 0.717) is 5.89 Å². The average Bonchev–Trinajstić information content (AvgIpc) is 3.26. The summed E-state index contributed by atoms with van der Waals surface area (Å²) in [6.07, 6.45) is 1.86. The van der Waals surface area contributed by atoms with Gasteiger partial charge in [0.15, 0.2) is 5.82 Å². The highest BCUT2D eigenvalue weighted by Crippen LogP contribution is 2.21. The van der Waals surface area contributed by atoms with Crippen LogP contribution in [0.5, 0.6) is 0 Å². The molecule has 0 saturated carbocycles. The molecule has 2 aromatic rings. The van der Waals surface area contributed by atoms with E-state index in [1.165, 1.54) is 11.3 Å². The Kier molecular flexibility index (Phi) is 5.07. The second kappa shape index (κ2) is 7.23. The molecule has 1 atom stereocenters. The lowest BCUT2D eigenvalue weighted by atomic mass is 10.2. The lowest BCUT2D eigenvalue weighted by Crippen LogP contribution is -2.49. The van der Waals surface area contributed by atoms with Crippen LogP contribution >= 0.6 is 11.3 Å². The highest BCUT2D eigenvalue weighted by Gasteiger charge is 2.28. The van der Waals surface area contributed by atoms with Crippen LogP contribution in [-0.2, 0) is 6.42 Å². The number of aromatic nitrogens is 2. The van der Waals surface area contributed by atoms with E-state index in [4.69, 9.17) is 4.52 Å². The molecular weight excluding hydrogens is 312 g/mol. The lowest BCUT2D eigenvalue weighted by Gasteiger charge is -2.36. The minimum atomic E-state index is 0.0899. The Hall–Kier alpha value is -1.73. The number of thiophene rings is 1. The molecule has 1 aliphatic rings. The monoisotopic (exact) mass is 334 g/mol. The molecule has 0 unspecified atom stereocenters. The van der Waals surface area contributed by atoms with Crippen molar-refractivity contribution in [2.24, 2.45) is 0 Å². The number of carbonyl (C=O) groups excluding carboxylic acids is 1. The first-order valence-corrected chi connectivity index (χ1v) is 8.96. The first kappa shape index (κ1) is 16.1. The van der Waals surface area contributed by atoms with Crippen LogP contribution in [0.15, 0.2) is 22.0 Å². The van der Waals surface area contributed by atoms with Gasteiger partial charge in [-0.1, -0.05) is 18.1 Å². The normalized spacial score (nSPS) is 17.4. The summed E-state index contributed by atoms with van der Waals surface area (Å²) in [5, 5.41) is 5.96. The fraction of sp³-hybridized carbons (Fsp3) is 0.562. The van der Waals surface area contributed by atoms with E-state index in [0.717, 1.165) is 49.7 Å². The van der Waals surface area contributed by atoms with Crippen molar-refractivity contribution in [2.75, 3.05) is 26.2 Å². The van der Waals surface area contributed by atoms with Gasteiger partial charge in [-0.2, -0.15) is 4.98 Å². The molecule has 3 heterocycles. The maximum Gasteiger partial charge on any atom is 0.264 e. The van der Waals surface area contributed by atoms with Crippen molar-refractivity contribution in [3.05, 3.63) is 34.1 Å². The van der Waals surface area contributed by atoms with E-state index in [1.807, 2.05) is 22.4 Å². The number of nitrogens with zero attached hydrogens (tertiary/aromatic N) is 4. The Morgan fingerprint density at radius 2 is 2.17 bits per heavy atom. The van der Waals surface area contributed by atoms with Gasteiger partial charge in [0.05, 0.1) is 10.9 Å². The molecule has 3 rings (SSSR count). The molecule has 1 saturated heterocycles. The largest absolute Gasteiger partial charge is 0.338 e. The molecule has 7 heteroatoms. The molecule has 0 spiro atoms. The summed E-state index contributed by atoms with van der Waals surface area (Å²) in [5.41, 5.74) is 0. The van der Waals surface area contributed by atoms with Crippen LogP contribution in [0.1, 0.15) is 47.7 Å². The van der Waals surface area contributed by atoms with Gasteiger partial charge >= 0.3 is 0 Å². The molecule has 6 nitrogen and oxygen atoms in total. The van der Waals surface area contributed by atoms with Gasteiger partial charge in [0.25, 0.3) is 5.91 Å². The zero-order valence-corrected chi connectivity index (χ0v) is 14.4. The van der Waals surface area contributed by atoms with E-state index in [1.54, 1.807) is 0 Å². The van der Waals surface area contributed by atoms with Gasteiger partial charge in [-0.05, 0) is 24.8 Å². The maximum atomic E-state index is 12.4. The summed E-state index contributed by atoms with van der Waals surface area (Å²) in [5.74, 6) is 1.59. The zero-order chi connectivity index (χ0) is 16.2. The lowest BCUT2D eigenvalue weighted by molar-refractivity contribution is 0.0556. The molecule has 2 aromatic heterocycles. The fourth-order valence-corrected chi connectivity index (χ4v) is 3.48. The topological polar surface area (TPSA) is 62.5 Å². The van der Waals surface area contributed by atoms with Crippen molar-refractivity contribution >= 4 is 17.2 Å². The third-order valence-electron chi connectivity index (χ3n) is 4.20. The van der Waals surface area contributed by atoms with Gasteiger partial charge in [0.2, 0.25) is 5.89 Å². The molecule has 23 heavy (non-hydrogen) atoms. The van der Waals surface area contributed by atoms with Crippen molar-refractivity contribution in [2.45, 2.75) is 32.7 Å². The number of piperazine rings is 1. The van der Waals surface area contributed by atoms with Crippen molar-refractivity contribution in [1.82, 2.24) is 19.9 Å². The molecule has 1 fully saturated rings. The molecule has 1 aliphatic heterocycles. The Balaban J connectivity index is 1.56. The van der Waals surface area contributed by atoms with Crippen LogP contribution < -0.4 is 0 Å². The maximum absolute atomic E-state index is 12.4. The van der Waals surface area contributed by atoms with Crippen LogP contribution in [0.25, 0.3) is 0 Å². The van der Waals surface area contributed by atoms with Gasteiger partial charge in [0, 0.05) is 32.6 Å². The minimum absolute atomic E-state index is 0.0899. The van der Waals surface area contributed by atoms with E-state index in [-0.39, 0.29) is 11.9 Å². The van der Waals surface area contributed by atoms with Crippen LogP contribution in [0.3, 0.4) is 0 Å². The number of hydrogen-bond acceptors (Lipinski definition) is 6. The summed E-state index contributed by atoms with van der Waals surface area (Å²) in [7, 11) is 0. The fourth-order valence-electron chi connectivity index (χ4n) is 2.79. The summed E-state index contributed by atoms with van der Waals surface area (Å²) in [6, 6.07) is 3.89. The van der Waals surface area contributed by atoms with Gasteiger partial charge in [0.1, 0.15) is 0 Å². The summed E-state index contributed by atoms with van der Waals surface area (Å²) < 4.78 is 5.38. The number of aryl methyl sites for hydroxylation is 1. The molecule has 1 amide bonds. The summed E-state index contributed by atoms with van der Waals surface area (Å²) in [6.45, 7) is 7.30. The van der Waals surface area contributed by atoms with Crippen molar-refractivity contribution in [3.8, 4) is 0 Å². The molecule has 124 valence electrons. The van der Waals surface area contributed by atoms with Gasteiger partial charge < -0.3 is 9.42 Å². The smallest absolute Gasteiger partial charge is 0.264 e. The van der Waals surface area contributed by atoms with Crippen LogP contribution in [0, 0.1) is 0 Å². The van der Waals surface area contributed by atoms with E-state index in [9.17, 15) is 4.79 Å². The van der Waals surface area contributed by atoms with Gasteiger partial charge in [-0.15, -0.1) is 11.3 Å². The Labute approximate surface area is 140 Å². The Bertz CT molecular complexity index is 632. The Morgan fingerprint density at radius 3 is 2.83 bits per heavy atom. The second-order valence-electron chi connectivity index (χ2n) is 5.78. The summed E-state index contributed by atoms with van der Waals surface area (Å²) >= 11 is 1.50. The van der Waals surface area contributed by atoms with Crippen LogP contribution in [0.2, 0.25) is 0 Å². The molecule has 0 aliphatic carbocycles. The molecule has 0 bridgehead atoms. The highest BCUT2D eigenvalue weighted by atomic mass is 32.1. The van der Waals surface area contributed by atoms with E-state index >= 15 is 0 Å². The van der Waals surface area contributed by atoms with Crippen molar-refractivity contribution in [3.63, 3.8) is 0 Å². The van der Waals surface area contributed by atoms with Gasteiger partial charge in [-0.3, -0.25) is 9.69 Å².